The van der Waals surface area contributed by atoms with E-state index in [1.54, 1.807) is 29.2 Å². The standard InChI is InChI=1S/C14H16ClN3O2/c1-3-18-8-12(7-16-18)20-9-14(19)17-13-6-11(15)5-4-10(13)2/h4-8H,3,9H2,1-2H3,(H,17,19). The molecule has 1 aromatic heterocycles. The van der Waals surface area contributed by atoms with Crippen molar-refractivity contribution in [1.29, 1.82) is 0 Å². The highest BCUT2D eigenvalue weighted by molar-refractivity contribution is 6.31. The number of rotatable bonds is 5. The van der Waals surface area contributed by atoms with Crippen molar-refractivity contribution in [3.63, 3.8) is 0 Å². The molecule has 1 amide bonds. The normalized spacial score (nSPS) is 10.3. The molecule has 0 aliphatic carbocycles. The lowest BCUT2D eigenvalue weighted by molar-refractivity contribution is -0.118. The molecule has 106 valence electrons. The van der Waals surface area contributed by atoms with E-state index in [1.165, 1.54) is 0 Å². The zero-order valence-electron chi connectivity index (χ0n) is 11.4. The smallest absolute Gasteiger partial charge is 0.262 e. The highest BCUT2D eigenvalue weighted by Crippen LogP contribution is 2.20. The van der Waals surface area contributed by atoms with Gasteiger partial charge in [-0.3, -0.25) is 9.48 Å². The van der Waals surface area contributed by atoms with Gasteiger partial charge >= 0.3 is 0 Å². The molecule has 2 aromatic rings. The molecule has 0 saturated carbocycles. The molecule has 6 heteroatoms. The summed E-state index contributed by atoms with van der Waals surface area (Å²) in [5.74, 6) is 0.337. The zero-order valence-corrected chi connectivity index (χ0v) is 12.1. The Hall–Kier alpha value is -2.01. The van der Waals surface area contributed by atoms with Crippen LogP contribution in [-0.2, 0) is 11.3 Å². The van der Waals surface area contributed by atoms with Crippen molar-refractivity contribution in [3.05, 3.63) is 41.2 Å². The quantitative estimate of drug-likeness (QED) is 0.922. The Morgan fingerprint density at radius 2 is 2.30 bits per heavy atom. The number of halogens is 1. The van der Waals surface area contributed by atoms with E-state index < -0.39 is 0 Å². The highest BCUT2D eigenvalue weighted by atomic mass is 35.5. The molecule has 0 unspecified atom stereocenters. The van der Waals surface area contributed by atoms with Crippen LogP contribution in [0, 0.1) is 6.92 Å². The molecule has 2 rings (SSSR count). The third-order valence-corrected chi connectivity index (χ3v) is 3.01. The number of hydrogen-bond donors (Lipinski definition) is 1. The summed E-state index contributed by atoms with van der Waals surface area (Å²) in [4.78, 5) is 11.8. The van der Waals surface area contributed by atoms with Gasteiger partial charge in [0.2, 0.25) is 0 Å². The van der Waals surface area contributed by atoms with Gasteiger partial charge in [-0.15, -0.1) is 0 Å². The third kappa shape index (κ3) is 3.74. The van der Waals surface area contributed by atoms with Crippen LogP contribution in [0.1, 0.15) is 12.5 Å². The Bertz CT molecular complexity index is 610. The van der Waals surface area contributed by atoms with Crippen molar-refractivity contribution in [1.82, 2.24) is 9.78 Å². The van der Waals surface area contributed by atoms with Crippen LogP contribution in [0.5, 0.6) is 5.75 Å². The van der Waals surface area contributed by atoms with Gasteiger partial charge in [0, 0.05) is 17.3 Å². The molecule has 5 nitrogen and oxygen atoms in total. The molecular formula is C14H16ClN3O2. The molecule has 0 saturated heterocycles. The Labute approximate surface area is 122 Å². The maximum atomic E-state index is 11.8. The predicted octanol–water partition coefficient (Wildman–Crippen LogP) is 2.88. The van der Waals surface area contributed by atoms with Crippen molar-refractivity contribution in [2.45, 2.75) is 20.4 Å². The maximum Gasteiger partial charge on any atom is 0.262 e. The van der Waals surface area contributed by atoms with Gasteiger partial charge < -0.3 is 10.1 Å². The molecule has 0 radical (unpaired) electrons. The topological polar surface area (TPSA) is 56.1 Å². The number of anilines is 1. The average Bonchev–Trinajstić information content (AvgIpc) is 2.89. The summed E-state index contributed by atoms with van der Waals surface area (Å²) in [5, 5.41) is 7.41. The van der Waals surface area contributed by atoms with E-state index in [2.05, 4.69) is 10.4 Å². The van der Waals surface area contributed by atoms with Gasteiger partial charge in [0.15, 0.2) is 12.4 Å². The van der Waals surface area contributed by atoms with E-state index in [4.69, 9.17) is 16.3 Å². The lowest BCUT2D eigenvalue weighted by atomic mass is 10.2. The largest absolute Gasteiger partial charge is 0.480 e. The Kier molecular flexibility index (Phi) is 4.63. The van der Waals surface area contributed by atoms with E-state index >= 15 is 0 Å². The molecule has 1 aromatic carbocycles. The van der Waals surface area contributed by atoms with Gasteiger partial charge in [-0.1, -0.05) is 17.7 Å². The van der Waals surface area contributed by atoms with Gasteiger partial charge in [0.25, 0.3) is 5.91 Å². The molecule has 20 heavy (non-hydrogen) atoms. The van der Waals surface area contributed by atoms with Crippen LogP contribution < -0.4 is 10.1 Å². The number of carbonyl (C=O) groups is 1. The summed E-state index contributed by atoms with van der Waals surface area (Å²) in [7, 11) is 0. The lowest BCUT2D eigenvalue weighted by Gasteiger charge is -2.09. The van der Waals surface area contributed by atoms with Crippen LogP contribution in [0.2, 0.25) is 5.02 Å². The van der Waals surface area contributed by atoms with E-state index in [-0.39, 0.29) is 12.5 Å². The van der Waals surface area contributed by atoms with E-state index in [0.717, 1.165) is 12.1 Å². The number of nitrogens with one attached hydrogen (secondary N) is 1. The number of hydrogen-bond acceptors (Lipinski definition) is 3. The Balaban J connectivity index is 1.90. The van der Waals surface area contributed by atoms with E-state index in [0.29, 0.717) is 16.5 Å². The first-order valence-corrected chi connectivity index (χ1v) is 6.67. The van der Waals surface area contributed by atoms with Crippen LogP contribution in [0.3, 0.4) is 0 Å². The second-order valence-electron chi connectivity index (χ2n) is 4.33. The number of benzene rings is 1. The van der Waals surface area contributed by atoms with Crippen LogP contribution >= 0.6 is 11.6 Å². The van der Waals surface area contributed by atoms with Gasteiger partial charge in [0.05, 0.1) is 12.4 Å². The zero-order chi connectivity index (χ0) is 14.5. The molecule has 1 N–H and O–H groups in total. The highest BCUT2D eigenvalue weighted by Gasteiger charge is 2.07. The van der Waals surface area contributed by atoms with E-state index in [9.17, 15) is 4.79 Å². The Morgan fingerprint density at radius 1 is 1.50 bits per heavy atom. The summed E-state index contributed by atoms with van der Waals surface area (Å²) < 4.78 is 7.09. The van der Waals surface area contributed by atoms with Crippen molar-refractivity contribution < 1.29 is 9.53 Å². The molecule has 0 aliphatic heterocycles. The second kappa shape index (κ2) is 6.43. The summed E-state index contributed by atoms with van der Waals surface area (Å²) in [6.45, 7) is 4.57. The molecular weight excluding hydrogens is 278 g/mol. The van der Waals surface area contributed by atoms with Crippen molar-refractivity contribution >= 4 is 23.2 Å². The summed E-state index contributed by atoms with van der Waals surface area (Å²) in [5.41, 5.74) is 1.64. The number of amides is 1. The fourth-order valence-electron chi connectivity index (χ4n) is 1.66. The average molecular weight is 294 g/mol. The minimum Gasteiger partial charge on any atom is -0.480 e. The number of aromatic nitrogens is 2. The van der Waals surface area contributed by atoms with Gasteiger partial charge in [0.1, 0.15) is 0 Å². The number of carbonyl (C=O) groups excluding carboxylic acids is 1. The Morgan fingerprint density at radius 3 is 3.00 bits per heavy atom. The number of ether oxygens (including phenoxy) is 1. The number of nitrogens with zero attached hydrogens (tertiary/aromatic N) is 2. The fraction of sp³-hybridized carbons (Fsp3) is 0.286. The van der Waals surface area contributed by atoms with Crippen LogP contribution in [-0.4, -0.2) is 22.3 Å². The van der Waals surface area contributed by atoms with Crippen LogP contribution in [0.25, 0.3) is 0 Å². The van der Waals surface area contributed by atoms with Crippen molar-refractivity contribution in [2.24, 2.45) is 0 Å². The predicted molar refractivity (Wildman–Crippen MR) is 78.2 cm³/mol. The summed E-state index contributed by atoms with van der Waals surface area (Å²) in [6.07, 6.45) is 3.33. The molecule has 0 bridgehead atoms. The van der Waals surface area contributed by atoms with Crippen LogP contribution in [0.4, 0.5) is 5.69 Å². The minimum absolute atomic E-state index is 0.0681. The first kappa shape index (κ1) is 14.4. The molecule has 0 aliphatic rings. The van der Waals surface area contributed by atoms with E-state index in [1.807, 2.05) is 19.9 Å². The van der Waals surface area contributed by atoms with Crippen molar-refractivity contribution in [2.75, 3.05) is 11.9 Å². The fourth-order valence-corrected chi connectivity index (χ4v) is 1.83. The summed E-state index contributed by atoms with van der Waals surface area (Å²) in [6, 6.07) is 5.34. The monoisotopic (exact) mass is 293 g/mol. The molecule has 0 atom stereocenters. The maximum absolute atomic E-state index is 11.8. The first-order chi connectivity index (χ1) is 9.58. The van der Waals surface area contributed by atoms with Crippen molar-refractivity contribution in [3.8, 4) is 5.75 Å². The second-order valence-corrected chi connectivity index (χ2v) is 4.76. The van der Waals surface area contributed by atoms with Gasteiger partial charge in [-0.25, -0.2) is 0 Å². The molecule has 0 spiro atoms. The SMILES string of the molecule is CCn1cc(OCC(=O)Nc2cc(Cl)ccc2C)cn1. The number of aryl methyl sites for hydroxylation is 2. The molecule has 0 fully saturated rings. The van der Waals surface area contributed by atoms with Gasteiger partial charge in [-0.2, -0.15) is 5.10 Å². The molecule has 1 heterocycles. The summed E-state index contributed by atoms with van der Waals surface area (Å²) >= 11 is 5.90. The minimum atomic E-state index is -0.236. The third-order valence-electron chi connectivity index (χ3n) is 2.78. The van der Waals surface area contributed by atoms with Gasteiger partial charge in [-0.05, 0) is 31.5 Å². The van der Waals surface area contributed by atoms with Crippen LogP contribution in [0.15, 0.2) is 30.6 Å². The first-order valence-electron chi connectivity index (χ1n) is 6.29. The lowest BCUT2D eigenvalue weighted by Crippen LogP contribution is -2.20.